The fraction of sp³-hybridized carbons (Fsp3) is 0.250. The van der Waals surface area contributed by atoms with Gasteiger partial charge in [-0.25, -0.2) is 0 Å². The largest absolute Gasteiger partial charge is 0.313 e. The summed E-state index contributed by atoms with van der Waals surface area (Å²) in [6.45, 7) is 2.05. The Bertz CT molecular complexity index is 568. The summed E-state index contributed by atoms with van der Waals surface area (Å²) < 4.78 is 1.12. The molecule has 0 radical (unpaired) electrons. The molecule has 3 heteroatoms. The summed E-state index contributed by atoms with van der Waals surface area (Å²) in [5.41, 5.74) is 3.61. The number of rotatable bonds is 4. The molecule has 2 rings (SSSR count). The third-order valence-corrected chi connectivity index (χ3v) is 4.34. The van der Waals surface area contributed by atoms with Crippen molar-refractivity contribution < 1.29 is 0 Å². The third kappa shape index (κ3) is 3.59. The lowest BCUT2D eigenvalue weighted by atomic mass is 9.98. The van der Waals surface area contributed by atoms with E-state index in [0.717, 1.165) is 15.9 Å². The van der Waals surface area contributed by atoms with Crippen LogP contribution in [0.1, 0.15) is 22.7 Å². The molecular weight excluding hydrogens is 322 g/mol. The molecule has 1 N–H and O–H groups in total. The molecule has 19 heavy (non-hydrogen) atoms. The molecule has 0 aromatic heterocycles. The highest BCUT2D eigenvalue weighted by Crippen LogP contribution is 2.28. The molecular formula is C16H17BrClN. The van der Waals surface area contributed by atoms with Gasteiger partial charge in [-0.15, -0.1) is 0 Å². The first-order valence-corrected chi connectivity index (χ1v) is 7.45. The van der Waals surface area contributed by atoms with Crippen molar-refractivity contribution in [2.75, 3.05) is 7.05 Å². The van der Waals surface area contributed by atoms with Crippen molar-refractivity contribution >= 4 is 27.5 Å². The van der Waals surface area contributed by atoms with E-state index in [1.54, 1.807) is 0 Å². The summed E-state index contributed by atoms with van der Waals surface area (Å²) in [5.74, 6) is 0. The van der Waals surface area contributed by atoms with Gasteiger partial charge in [0.05, 0.1) is 0 Å². The summed E-state index contributed by atoms with van der Waals surface area (Å²) in [6, 6.07) is 14.8. The Morgan fingerprint density at radius 3 is 2.58 bits per heavy atom. The van der Waals surface area contributed by atoms with Crippen molar-refractivity contribution in [2.24, 2.45) is 0 Å². The maximum absolute atomic E-state index is 6.32. The number of nitrogens with one attached hydrogen (secondary N) is 1. The Balaban J connectivity index is 2.27. The molecule has 1 atom stereocenters. The lowest BCUT2D eigenvalue weighted by Gasteiger charge is -2.19. The van der Waals surface area contributed by atoms with Gasteiger partial charge < -0.3 is 5.32 Å². The van der Waals surface area contributed by atoms with Crippen LogP contribution in [0.25, 0.3) is 0 Å². The minimum atomic E-state index is 0.246. The van der Waals surface area contributed by atoms with Crippen molar-refractivity contribution in [3.05, 3.63) is 68.7 Å². The summed E-state index contributed by atoms with van der Waals surface area (Å²) in [7, 11) is 1.98. The highest BCUT2D eigenvalue weighted by Gasteiger charge is 2.14. The van der Waals surface area contributed by atoms with Gasteiger partial charge in [-0.05, 0) is 49.2 Å². The molecule has 0 aliphatic carbocycles. The fourth-order valence-electron chi connectivity index (χ4n) is 2.16. The van der Waals surface area contributed by atoms with Crippen LogP contribution in [0.5, 0.6) is 0 Å². The van der Waals surface area contributed by atoms with Crippen LogP contribution < -0.4 is 5.32 Å². The van der Waals surface area contributed by atoms with Gasteiger partial charge >= 0.3 is 0 Å². The van der Waals surface area contributed by atoms with Crippen LogP contribution in [0.2, 0.25) is 5.02 Å². The maximum atomic E-state index is 6.32. The smallest absolute Gasteiger partial charge is 0.0441 e. The first-order valence-electron chi connectivity index (χ1n) is 6.28. The number of halogens is 2. The standard InChI is InChI=1S/C16H17BrClN/c1-11-7-8-12(15(18)9-11)10-16(19-2)13-5-3-4-6-14(13)17/h3-9,16,19H,10H2,1-2H3. The van der Waals surface area contributed by atoms with E-state index in [9.17, 15) is 0 Å². The van der Waals surface area contributed by atoms with Gasteiger partial charge in [0.25, 0.3) is 0 Å². The van der Waals surface area contributed by atoms with Gasteiger partial charge in [0.15, 0.2) is 0 Å². The zero-order valence-corrected chi connectivity index (χ0v) is 13.4. The Morgan fingerprint density at radius 2 is 1.95 bits per heavy atom. The summed E-state index contributed by atoms with van der Waals surface area (Å²) in [6.07, 6.45) is 0.873. The molecule has 0 heterocycles. The predicted molar refractivity (Wildman–Crippen MR) is 85.8 cm³/mol. The van der Waals surface area contributed by atoms with E-state index in [4.69, 9.17) is 11.6 Å². The molecule has 0 bridgehead atoms. The summed E-state index contributed by atoms with van der Waals surface area (Å²) in [4.78, 5) is 0. The van der Waals surface area contributed by atoms with E-state index in [1.807, 2.05) is 19.2 Å². The van der Waals surface area contributed by atoms with Crippen molar-refractivity contribution in [3.63, 3.8) is 0 Å². The second-order valence-electron chi connectivity index (χ2n) is 4.66. The molecule has 0 spiro atoms. The summed E-state index contributed by atoms with van der Waals surface area (Å²) >= 11 is 9.93. The SMILES string of the molecule is CNC(Cc1ccc(C)cc1Cl)c1ccccc1Br. The number of hydrogen-bond acceptors (Lipinski definition) is 1. The van der Waals surface area contributed by atoms with E-state index in [1.165, 1.54) is 16.7 Å². The third-order valence-electron chi connectivity index (χ3n) is 3.26. The van der Waals surface area contributed by atoms with Crippen molar-refractivity contribution in [1.82, 2.24) is 5.32 Å². The van der Waals surface area contributed by atoms with Crippen LogP contribution in [0, 0.1) is 6.92 Å². The Morgan fingerprint density at radius 1 is 1.21 bits per heavy atom. The van der Waals surface area contributed by atoms with Crippen molar-refractivity contribution in [1.29, 1.82) is 0 Å². The molecule has 0 aliphatic heterocycles. The zero-order valence-electron chi connectivity index (χ0n) is 11.1. The number of likely N-dealkylation sites (N-methyl/N-ethyl adjacent to an activating group) is 1. The first-order chi connectivity index (χ1) is 9.11. The Labute approximate surface area is 128 Å². The quantitative estimate of drug-likeness (QED) is 0.835. The van der Waals surface area contributed by atoms with Crippen LogP contribution >= 0.6 is 27.5 Å². The molecule has 0 aliphatic rings. The normalized spacial score (nSPS) is 12.4. The molecule has 2 aromatic rings. The minimum absolute atomic E-state index is 0.246. The van der Waals surface area contributed by atoms with Gasteiger partial charge in [-0.3, -0.25) is 0 Å². The summed E-state index contributed by atoms with van der Waals surface area (Å²) in [5, 5.41) is 4.20. The van der Waals surface area contributed by atoms with Crippen LogP contribution in [0.3, 0.4) is 0 Å². The van der Waals surface area contributed by atoms with E-state index in [2.05, 4.69) is 58.5 Å². The van der Waals surface area contributed by atoms with Gasteiger partial charge in [0.1, 0.15) is 0 Å². The lowest BCUT2D eigenvalue weighted by Crippen LogP contribution is -2.19. The molecule has 0 saturated heterocycles. The number of aryl methyl sites for hydroxylation is 1. The van der Waals surface area contributed by atoms with E-state index in [0.29, 0.717) is 0 Å². The highest BCUT2D eigenvalue weighted by atomic mass is 79.9. The Hall–Kier alpha value is -0.830. The molecule has 1 unspecified atom stereocenters. The molecule has 0 fully saturated rings. The molecule has 100 valence electrons. The van der Waals surface area contributed by atoms with Gasteiger partial charge in [0.2, 0.25) is 0 Å². The molecule has 0 saturated carbocycles. The fourth-order valence-corrected chi connectivity index (χ4v) is 3.04. The second kappa shape index (κ2) is 6.56. The monoisotopic (exact) mass is 337 g/mol. The first kappa shape index (κ1) is 14.6. The van der Waals surface area contributed by atoms with E-state index < -0.39 is 0 Å². The van der Waals surface area contributed by atoms with Crippen LogP contribution in [-0.2, 0) is 6.42 Å². The van der Waals surface area contributed by atoms with Crippen molar-refractivity contribution in [3.8, 4) is 0 Å². The van der Waals surface area contributed by atoms with Gasteiger partial charge in [0, 0.05) is 15.5 Å². The number of benzene rings is 2. The molecule has 1 nitrogen and oxygen atoms in total. The maximum Gasteiger partial charge on any atom is 0.0441 e. The zero-order chi connectivity index (χ0) is 13.8. The predicted octanol–water partition coefficient (Wildman–Crippen LogP) is 4.91. The highest BCUT2D eigenvalue weighted by molar-refractivity contribution is 9.10. The van der Waals surface area contributed by atoms with E-state index >= 15 is 0 Å². The van der Waals surface area contributed by atoms with Gasteiger partial charge in [-0.2, -0.15) is 0 Å². The van der Waals surface area contributed by atoms with Crippen molar-refractivity contribution in [2.45, 2.75) is 19.4 Å². The Kier molecular flexibility index (Phi) is 5.03. The minimum Gasteiger partial charge on any atom is -0.313 e. The van der Waals surface area contributed by atoms with Crippen LogP contribution in [0.15, 0.2) is 46.9 Å². The lowest BCUT2D eigenvalue weighted by molar-refractivity contribution is 0.590. The second-order valence-corrected chi connectivity index (χ2v) is 5.92. The topological polar surface area (TPSA) is 12.0 Å². The number of hydrogen-bond donors (Lipinski definition) is 1. The van der Waals surface area contributed by atoms with E-state index in [-0.39, 0.29) is 6.04 Å². The molecule has 2 aromatic carbocycles. The average Bonchev–Trinajstić information content (AvgIpc) is 2.39. The van der Waals surface area contributed by atoms with Gasteiger partial charge in [-0.1, -0.05) is 57.9 Å². The molecule has 0 amide bonds. The van der Waals surface area contributed by atoms with Crippen LogP contribution in [0.4, 0.5) is 0 Å². The average molecular weight is 339 g/mol. The van der Waals surface area contributed by atoms with Crippen LogP contribution in [-0.4, -0.2) is 7.05 Å².